The van der Waals surface area contributed by atoms with Crippen LogP contribution in [-0.4, -0.2) is 32.7 Å². The average Bonchev–Trinajstić information content (AvgIpc) is 2.80. The molecular formula is C14H26N4O. The van der Waals surface area contributed by atoms with Crippen molar-refractivity contribution in [2.45, 2.75) is 64.6 Å². The summed E-state index contributed by atoms with van der Waals surface area (Å²) in [4.78, 5) is 0. The molecule has 0 amide bonds. The second-order valence-corrected chi connectivity index (χ2v) is 6.63. The molecule has 19 heavy (non-hydrogen) atoms. The maximum atomic E-state index is 9.47. The van der Waals surface area contributed by atoms with E-state index >= 15 is 0 Å². The van der Waals surface area contributed by atoms with Gasteiger partial charge >= 0.3 is 0 Å². The molecule has 0 saturated heterocycles. The van der Waals surface area contributed by atoms with Gasteiger partial charge in [0, 0.05) is 6.54 Å². The Morgan fingerprint density at radius 2 is 2.00 bits per heavy atom. The van der Waals surface area contributed by atoms with Gasteiger partial charge in [-0.1, -0.05) is 5.21 Å². The van der Waals surface area contributed by atoms with Crippen molar-refractivity contribution in [1.29, 1.82) is 0 Å². The normalized spacial score (nSPS) is 24.6. The van der Waals surface area contributed by atoms with Crippen molar-refractivity contribution in [2.75, 3.05) is 6.54 Å². The van der Waals surface area contributed by atoms with Crippen LogP contribution in [0.15, 0.2) is 6.20 Å². The molecule has 0 atom stereocenters. The lowest BCUT2D eigenvalue weighted by atomic mass is 9.87. The number of hydrogen-bond acceptors (Lipinski definition) is 4. The molecule has 2 rings (SSSR count). The molecule has 1 aromatic rings. The molecule has 1 fully saturated rings. The van der Waals surface area contributed by atoms with Crippen molar-refractivity contribution in [3.63, 3.8) is 0 Å². The Kier molecular flexibility index (Phi) is 4.58. The third-order valence-corrected chi connectivity index (χ3v) is 3.78. The van der Waals surface area contributed by atoms with Crippen molar-refractivity contribution in [1.82, 2.24) is 20.3 Å². The fourth-order valence-electron chi connectivity index (χ4n) is 2.46. The van der Waals surface area contributed by atoms with Gasteiger partial charge in [0.15, 0.2) is 0 Å². The predicted octanol–water partition coefficient (Wildman–Crippen LogP) is 1.67. The van der Waals surface area contributed by atoms with Crippen LogP contribution >= 0.6 is 0 Å². The molecule has 1 heterocycles. The highest BCUT2D eigenvalue weighted by Crippen LogP contribution is 2.23. The quantitative estimate of drug-likeness (QED) is 0.870. The Balaban J connectivity index is 1.72. The Hall–Kier alpha value is -0.940. The molecule has 0 spiro atoms. The molecule has 1 aliphatic carbocycles. The summed E-state index contributed by atoms with van der Waals surface area (Å²) in [7, 11) is 0. The van der Waals surface area contributed by atoms with E-state index in [1.807, 2.05) is 10.9 Å². The van der Waals surface area contributed by atoms with E-state index in [0.29, 0.717) is 5.92 Å². The standard InChI is InChI=1S/C14H26N4O/c1-14(2,3)18-10-12(16-17-18)9-15-8-11-4-6-13(19)7-5-11/h10-11,13,15,19H,4-9H2,1-3H3. The average molecular weight is 266 g/mol. The second-order valence-electron chi connectivity index (χ2n) is 6.63. The van der Waals surface area contributed by atoms with Crippen molar-refractivity contribution >= 4 is 0 Å². The zero-order valence-electron chi connectivity index (χ0n) is 12.3. The van der Waals surface area contributed by atoms with Crippen molar-refractivity contribution < 1.29 is 5.11 Å². The van der Waals surface area contributed by atoms with E-state index in [1.54, 1.807) is 0 Å². The van der Waals surface area contributed by atoms with Crippen LogP contribution in [0.3, 0.4) is 0 Å². The molecule has 0 bridgehead atoms. The minimum Gasteiger partial charge on any atom is -0.393 e. The van der Waals surface area contributed by atoms with Gasteiger partial charge in [0.25, 0.3) is 0 Å². The van der Waals surface area contributed by atoms with E-state index in [1.165, 1.54) is 0 Å². The minimum atomic E-state index is -0.0667. The lowest BCUT2D eigenvalue weighted by molar-refractivity contribution is 0.108. The monoisotopic (exact) mass is 266 g/mol. The summed E-state index contributed by atoms with van der Waals surface area (Å²) in [5.41, 5.74) is 0.982. The first kappa shape index (κ1) is 14.5. The van der Waals surface area contributed by atoms with E-state index < -0.39 is 0 Å². The van der Waals surface area contributed by atoms with Gasteiger partial charge < -0.3 is 10.4 Å². The van der Waals surface area contributed by atoms with Crippen LogP contribution in [0.2, 0.25) is 0 Å². The van der Waals surface area contributed by atoms with Gasteiger partial charge in [0.2, 0.25) is 0 Å². The van der Waals surface area contributed by atoms with Gasteiger partial charge in [0.05, 0.1) is 23.5 Å². The zero-order valence-corrected chi connectivity index (χ0v) is 12.3. The van der Waals surface area contributed by atoms with Gasteiger partial charge in [-0.05, 0) is 58.9 Å². The summed E-state index contributed by atoms with van der Waals surface area (Å²) >= 11 is 0. The van der Waals surface area contributed by atoms with Crippen LogP contribution < -0.4 is 5.32 Å². The first-order valence-electron chi connectivity index (χ1n) is 7.25. The zero-order chi connectivity index (χ0) is 13.9. The molecule has 5 nitrogen and oxygen atoms in total. The fourth-order valence-corrected chi connectivity index (χ4v) is 2.46. The number of nitrogens with zero attached hydrogens (tertiary/aromatic N) is 3. The van der Waals surface area contributed by atoms with Crippen LogP contribution in [0.1, 0.15) is 52.1 Å². The summed E-state index contributed by atoms with van der Waals surface area (Å²) in [6.45, 7) is 8.13. The summed E-state index contributed by atoms with van der Waals surface area (Å²) in [6, 6.07) is 0. The highest BCUT2D eigenvalue weighted by Gasteiger charge is 2.19. The molecule has 0 radical (unpaired) electrons. The summed E-state index contributed by atoms with van der Waals surface area (Å²) in [5, 5.41) is 21.3. The van der Waals surface area contributed by atoms with Crippen LogP contribution in [-0.2, 0) is 12.1 Å². The van der Waals surface area contributed by atoms with Gasteiger partial charge in [-0.15, -0.1) is 5.10 Å². The van der Waals surface area contributed by atoms with Gasteiger partial charge in [0.1, 0.15) is 0 Å². The first-order valence-corrected chi connectivity index (χ1v) is 7.25. The third-order valence-electron chi connectivity index (χ3n) is 3.78. The minimum absolute atomic E-state index is 0.00917. The molecule has 2 N–H and O–H groups in total. The number of aromatic nitrogens is 3. The number of rotatable bonds is 4. The number of aliphatic hydroxyl groups excluding tert-OH is 1. The molecule has 108 valence electrons. The molecular weight excluding hydrogens is 240 g/mol. The smallest absolute Gasteiger partial charge is 0.0965 e. The van der Waals surface area contributed by atoms with Crippen molar-refractivity contribution in [3.8, 4) is 0 Å². The van der Waals surface area contributed by atoms with Crippen LogP contribution in [0, 0.1) is 5.92 Å². The molecule has 0 aromatic carbocycles. The van der Waals surface area contributed by atoms with Gasteiger partial charge in [-0.2, -0.15) is 0 Å². The third kappa shape index (κ3) is 4.28. The van der Waals surface area contributed by atoms with E-state index in [0.717, 1.165) is 44.5 Å². The fraction of sp³-hybridized carbons (Fsp3) is 0.857. The molecule has 0 unspecified atom stereocenters. The largest absolute Gasteiger partial charge is 0.393 e. The Bertz CT molecular complexity index is 388. The van der Waals surface area contributed by atoms with Gasteiger partial charge in [-0.3, -0.25) is 0 Å². The Morgan fingerprint density at radius 3 is 2.58 bits per heavy atom. The number of nitrogens with one attached hydrogen (secondary N) is 1. The molecule has 1 aliphatic rings. The summed E-state index contributed by atoms with van der Waals surface area (Å²) < 4.78 is 1.90. The highest BCUT2D eigenvalue weighted by atomic mass is 16.3. The lowest BCUT2D eigenvalue weighted by Crippen LogP contribution is -2.27. The lowest BCUT2D eigenvalue weighted by Gasteiger charge is -2.25. The van der Waals surface area contributed by atoms with E-state index in [4.69, 9.17) is 0 Å². The maximum Gasteiger partial charge on any atom is 0.0965 e. The Morgan fingerprint density at radius 1 is 1.32 bits per heavy atom. The molecule has 1 saturated carbocycles. The predicted molar refractivity (Wildman–Crippen MR) is 74.7 cm³/mol. The number of hydrogen-bond donors (Lipinski definition) is 2. The highest BCUT2D eigenvalue weighted by molar-refractivity contribution is 4.94. The number of aliphatic hydroxyl groups is 1. The topological polar surface area (TPSA) is 63.0 Å². The SMILES string of the molecule is CC(C)(C)n1cc(CNCC2CCC(O)CC2)nn1. The van der Waals surface area contributed by atoms with Gasteiger partial charge in [-0.25, -0.2) is 4.68 Å². The Labute approximate surface area is 115 Å². The first-order chi connectivity index (χ1) is 8.95. The second kappa shape index (κ2) is 6.01. The molecule has 0 aliphatic heterocycles. The van der Waals surface area contributed by atoms with E-state index in [-0.39, 0.29) is 11.6 Å². The van der Waals surface area contributed by atoms with Crippen molar-refractivity contribution in [3.05, 3.63) is 11.9 Å². The van der Waals surface area contributed by atoms with Crippen LogP contribution in [0.25, 0.3) is 0 Å². The van der Waals surface area contributed by atoms with E-state index in [9.17, 15) is 5.11 Å². The molecule has 5 heteroatoms. The summed E-state index contributed by atoms with van der Waals surface area (Å²) in [5.74, 6) is 0.695. The van der Waals surface area contributed by atoms with Crippen LogP contribution in [0.4, 0.5) is 0 Å². The maximum absolute atomic E-state index is 9.47. The van der Waals surface area contributed by atoms with E-state index in [2.05, 4.69) is 36.4 Å². The van der Waals surface area contributed by atoms with Crippen LogP contribution in [0.5, 0.6) is 0 Å². The molecule has 1 aromatic heterocycles. The van der Waals surface area contributed by atoms with Crippen molar-refractivity contribution in [2.24, 2.45) is 5.92 Å². The summed E-state index contributed by atoms with van der Waals surface area (Å²) in [6.07, 6.45) is 6.10.